The van der Waals surface area contributed by atoms with Crippen LogP contribution in [0.1, 0.15) is 17.4 Å². The summed E-state index contributed by atoms with van der Waals surface area (Å²) in [7, 11) is 0. The van der Waals surface area contributed by atoms with Crippen LogP contribution >= 0.6 is 0 Å². The van der Waals surface area contributed by atoms with Gasteiger partial charge in [0.15, 0.2) is 0 Å². The van der Waals surface area contributed by atoms with E-state index in [1.807, 2.05) is 60.7 Å². The molecule has 1 aliphatic heterocycles. The van der Waals surface area contributed by atoms with Crippen LogP contribution in [-0.4, -0.2) is 46.3 Å². The van der Waals surface area contributed by atoms with Crippen molar-refractivity contribution in [2.24, 2.45) is 5.92 Å². The minimum Gasteiger partial charge on any atom is -0.396 e. The summed E-state index contributed by atoms with van der Waals surface area (Å²) in [6, 6.07) is 19.9. The Morgan fingerprint density at radius 2 is 1.65 bits per heavy atom. The van der Waals surface area contributed by atoms with E-state index in [2.05, 4.69) is 4.98 Å². The summed E-state index contributed by atoms with van der Waals surface area (Å²) < 4.78 is 33.9. The van der Waals surface area contributed by atoms with Gasteiger partial charge >= 0.3 is 5.69 Å². The Balaban J connectivity index is 1.62. The molecule has 0 spiro atoms. The zero-order valence-electron chi connectivity index (χ0n) is 18.5. The predicted molar refractivity (Wildman–Crippen MR) is 122 cm³/mol. The Hall–Kier alpha value is -3.11. The van der Waals surface area contributed by atoms with Crippen LogP contribution in [0, 0.1) is 5.92 Å². The number of rotatable bonds is 10. The van der Waals surface area contributed by atoms with E-state index in [0.717, 1.165) is 15.7 Å². The highest BCUT2D eigenvalue weighted by Gasteiger charge is 2.57. The lowest BCUT2D eigenvalue weighted by Gasteiger charge is -2.32. The molecule has 34 heavy (non-hydrogen) atoms. The molecule has 180 valence electrons. The van der Waals surface area contributed by atoms with Crippen molar-refractivity contribution in [1.82, 2.24) is 9.55 Å². The van der Waals surface area contributed by atoms with Crippen LogP contribution in [0.3, 0.4) is 0 Å². The van der Waals surface area contributed by atoms with Gasteiger partial charge in [-0.2, -0.15) is 0 Å². The van der Waals surface area contributed by atoms with E-state index >= 15 is 0 Å². The van der Waals surface area contributed by atoms with Crippen molar-refractivity contribution in [3.05, 3.63) is 105 Å². The molecule has 0 radical (unpaired) electrons. The lowest BCUT2D eigenvalue weighted by molar-refractivity contribution is -0.165. The number of halogens is 1. The molecule has 2 N–H and O–H groups in total. The minimum absolute atomic E-state index is 0.152. The zero-order chi connectivity index (χ0) is 24.0. The third-order valence-electron chi connectivity index (χ3n) is 5.92. The maximum atomic E-state index is 14.7. The number of nitrogens with zero attached hydrogens (tertiary/aromatic N) is 1. The number of benzene rings is 2. The van der Waals surface area contributed by atoms with Gasteiger partial charge in [0.2, 0.25) is 0 Å². The molecule has 8 nitrogen and oxygen atoms in total. The SMILES string of the molecule is O=c1ccn([C@@H]2O[C@](CF)(COCc3ccccc3)[C@@H](OCc3ccccc3)[C@@H]2CO)c(=O)[nH]1. The lowest BCUT2D eigenvalue weighted by atomic mass is 9.91. The third-order valence-corrected chi connectivity index (χ3v) is 5.92. The van der Waals surface area contributed by atoms with Crippen LogP contribution in [0.2, 0.25) is 0 Å². The van der Waals surface area contributed by atoms with E-state index in [4.69, 9.17) is 14.2 Å². The Bertz CT molecular complexity index is 1170. The molecule has 2 heterocycles. The molecule has 0 saturated carbocycles. The average molecular weight is 470 g/mol. The molecule has 1 fully saturated rings. The van der Waals surface area contributed by atoms with E-state index in [-0.39, 0.29) is 19.8 Å². The molecular formula is C25H27FN2O6. The highest BCUT2D eigenvalue weighted by molar-refractivity contribution is 5.15. The second-order valence-corrected chi connectivity index (χ2v) is 8.27. The number of alkyl halides is 1. The van der Waals surface area contributed by atoms with Crippen molar-refractivity contribution in [2.45, 2.75) is 31.1 Å². The Morgan fingerprint density at radius 1 is 1.00 bits per heavy atom. The van der Waals surface area contributed by atoms with Crippen LogP contribution in [0.5, 0.6) is 0 Å². The molecular weight excluding hydrogens is 443 g/mol. The molecule has 1 aliphatic rings. The Kier molecular flexibility index (Phi) is 7.69. The second kappa shape index (κ2) is 10.9. The number of aromatic nitrogens is 2. The first kappa shape index (κ1) is 24.0. The average Bonchev–Trinajstić information content (AvgIpc) is 3.17. The van der Waals surface area contributed by atoms with E-state index in [0.29, 0.717) is 0 Å². The molecule has 3 aromatic rings. The summed E-state index contributed by atoms with van der Waals surface area (Å²) in [6.07, 6.45) is -0.726. The summed E-state index contributed by atoms with van der Waals surface area (Å²) in [6.45, 7) is -1.19. The van der Waals surface area contributed by atoms with Crippen LogP contribution < -0.4 is 11.2 Å². The maximum Gasteiger partial charge on any atom is 0.330 e. The smallest absolute Gasteiger partial charge is 0.330 e. The highest BCUT2D eigenvalue weighted by atomic mass is 19.1. The predicted octanol–water partition coefficient (Wildman–Crippen LogP) is 2.18. The third kappa shape index (κ3) is 5.18. The van der Waals surface area contributed by atoms with Gasteiger partial charge in [0, 0.05) is 12.3 Å². The highest BCUT2D eigenvalue weighted by Crippen LogP contribution is 2.43. The summed E-state index contributed by atoms with van der Waals surface area (Å²) in [4.78, 5) is 26.1. The normalized spacial score (nSPS) is 24.4. The van der Waals surface area contributed by atoms with Crippen LogP contribution in [0.25, 0.3) is 0 Å². The Labute approximate surface area is 195 Å². The van der Waals surface area contributed by atoms with Crippen molar-refractivity contribution in [2.75, 3.05) is 19.9 Å². The molecule has 1 saturated heterocycles. The summed E-state index contributed by atoms with van der Waals surface area (Å²) >= 11 is 0. The number of aliphatic hydroxyl groups excluding tert-OH is 1. The minimum atomic E-state index is -1.57. The maximum absolute atomic E-state index is 14.7. The van der Waals surface area contributed by atoms with Crippen LogP contribution in [0.4, 0.5) is 4.39 Å². The van der Waals surface area contributed by atoms with Gasteiger partial charge in [0.05, 0.1) is 32.3 Å². The van der Waals surface area contributed by atoms with Crippen molar-refractivity contribution >= 4 is 0 Å². The fraction of sp³-hybridized carbons (Fsp3) is 0.360. The van der Waals surface area contributed by atoms with Gasteiger partial charge in [0.1, 0.15) is 24.6 Å². The molecule has 0 unspecified atom stereocenters. The zero-order valence-corrected chi connectivity index (χ0v) is 18.5. The lowest BCUT2D eigenvalue weighted by Crippen LogP contribution is -2.49. The van der Waals surface area contributed by atoms with Crippen molar-refractivity contribution < 1.29 is 23.7 Å². The molecule has 4 atom stereocenters. The van der Waals surface area contributed by atoms with Crippen LogP contribution in [-0.2, 0) is 27.4 Å². The number of hydrogen-bond acceptors (Lipinski definition) is 6. The van der Waals surface area contributed by atoms with Gasteiger partial charge in [-0.05, 0) is 11.1 Å². The summed E-state index contributed by atoms with van der Waals surface area (Å²) in [5.74, 6) is -0.789. The number of aromatic amines is 1. The van der Waals surface area contributed by atoms with Gasteiger partial charge in [-0.15, -0.1) is 0 Å². The van der Waals surface area contributed by atoms with Crippen LogP contribution in [0.15, 0.2) is 82.5 Å². The molecule has 1 aromatic heterocycles. The van der Waals surface area contributed by atoms with Gasteiger partial charge in [-0.1, -0.05) is 60.7 Å². The van der Waals surface area contributed by atoms with E-state index < -0.39 is 48.4 Å². The van der Waals surface area contributed by atoms with Gasteiger partial charge < -0.3 is 19.3 Å². The fourth-order valence-corrected chi connectivity index (χ4v) is 4.23. The molecule has 4 rings (SSSR count). The number of ether oxygens (including phenoxy) is 3. The van der Waals surface area contributed by atoms with E-state index in [1.54, 1.807) is 0 Å². The van der Waals surface area contributed by atoms with E-state index in [9.17, 15) is 19.1 Å². The van der Waals surface area contributed by atoms with Crippen molar-refractivity contribution in [1.29, 1.82) is 0 Å². The topological polar surface area (TPSA) is 103 Å². The molecule has 0 aliphatic carbocycles. The Morgan fingerprint density at radius 3 is 2.24 bits per heavy atom. The molecule has 9 heteroatoms. The summed E-state index contributed by atoms with van der Waals surface area (Å²) in [5, 5.41) is 10.2. The largest absolute Gasteiger partial charge is 0.396 e. The first-order valence-corrected chi connectivity index (χ1v) is 11.0. The molecule has 2 aromatic carbocycles. The first-order chi connectivity index (χ1) is 16.6. The first-order valence-electron chi connectivity index (χ1n) is 11.0. The number of nitrogens with one attached hydrogen (secondary N) is 1. The van der Waals surface area contributed by atoms with E-state index in [1.165, 1.54) is 12.3 Å². The van der Waals surface area contributed by atoms with Crippen molar-refractivity contribution in [3.63, 3.8) is 0 Å². The molecule has 0 bridgehead atoms. The fourth-order valence-electron chi connectivity index (χ4n) is 4.23. The quantitative estimate of drug-likeness (QED) is 0.471. The number of hydrogen-bond donors (Lipinski definition) is 2. The number of H-pyrrole nitrogens is 1. The summed E-state index contributed by atoms with van der Waals surface area (Å²) in [5.41, 5.74) is -1.10. The van der Waals surface area contributed by atoms with Gasteiger partial charge in [-0.3, -0.25) is 14.3 Å². The second-order valence-electron chi connectivity index (χ2n) is 8.27. The van der Waals surface area contributed by atoms with Gasteiger partial charge in [-0.25, -0.2) is 9.18 Å². The van der Waals surface area contributed by atoms with Gasteiger partial charge in [0.25, 0.3) is 5.56 Å². The van der Waals surface area contributed by atoms with Crippen molar-refractivity contribution in [3.8, 4) is 0 Å². The molecule has 0 amide bonds. The standard InChI is InChI=1S/C25H27FN2O6/c26-16-25(17-32-14-18-7-3-1-4-8-18)22(33-15-19-9-5-2-6-10-19)20(13-29)23(34-25)28-12-11-21(30)27-24(28)31/h1-12,20,22-23,29H,13-17H2,(H,27,30,31)/t20-,22-,23+,25+/m0/s1. The number of aliphatic hydroxyl groups is 1. The monoisotopic (exact) mass is 470 g/mol.